The summed E-state index contributed by atoms with van der Waals surface area (Å²) in [6.07, 6.45) is 0. The molecule has 0 radical (unpaired) electrons. The summed E-state index contributed by atoms with van der Waals surface area (Å²) in [6, 6.07) is 8.11. The van der Waals surface area contributed by atoms with E-state index >= 15 is 0 Å². The van der Waals surface area contributed by atoms with Crippen molar-refractivity contribution in [3.05, 3.63) is 35.4 Å². The predicted octanol–water partition coefficient (Wildman–Crippen LogP) is 2.85. The van der Waals surface area contributed by atoms with E-state index in [1.165, 1.54) is 0 Å². The number of halogens is 1. The van der Waals surface area contributed by atoms with E-state index in [1.54, 1.807) is 30.3 Å². The van der Waals surface area contributed by atoms with Crippen molar-refractivity contribution in [2.75, 3.05) is 0 Å². The summed E-state index contributed by atoms with van der Waals surface area (Å²) in [6.45, 7) is 0. The summed E-state index contributed by atoms with van der Waals surface area (Å²) in [7, 11) is 0. The number of phenolic OH excluding ortho intramolecular Hbond substituents is 2. The molecule has 0 saturated heterocycles. The molecule has 0 spiro atoms. The Kier molecular flexibility index (Phi) is 2.06. The van der Waals surface area contributed by atoms with Gasteiger partial charge in [0.15, 0.2) is 5.75 Å². The fraction of sp³-hybridized carbons (Fsp3) is 0. The smallest absolute Gasteiger partial charge is 0.162 e. The molecular weight excluding hydrogens is 240 g/mol. The lowest BCUT2D eigenvalue weighted by molar-refractivity contribution is 0.478. The first-order valence-corrected chi connectivity index (χ1v) is 5.31. The molecule has 0 aliphatic heterocycles. The SMILES string of the molecule is Oc1cccc2nc3c(O)c(Cl)ccc3nc12. The Morgan fingerprint density at radius 3 is 2.41 bits per heavy atom. The number of hydrogen-bond donors (Lipinski definition) is 2. The largest absolute Gasteiger partial charge is 0.506 e. The van der Waals surface area contributed by atoms with Crippen LogP contribution in [0.25, 0.3) is 22.1 Å². The van der Waals surface area contributed by atoms with Gasteiger partial charge in [-0.05, 0) is 24.3 Å². The predicted molar refractivity (Wildman–Crippen MR) is 65.4 cm³/mol. The number of benzene rings is 2. The highest BCUT2D eigenvalue weighted by Crippen LogP contribution is 2.32. The summed E-state index contributed by atoms with van der Waals surface area (Å²) in [5, 5.41) is 19.7. The van der Waals surface area contributed by atoms with Crippen molar-refractivity contribution >= 4 is 33.7 Å². The zero-order valence-corrected chi connectivity index (χ0v) is 9.31. The molecule has 4 nitrogen and oxygen atoms in total. The lowest BCUT2D eigenvalue weighted by Gasteiger charge is -2.04. The topological polar surface area (TPSA) is 66.2 Å². The normalized spacial score (nSPS) is 11.1. The molecule has 0 fully saturated rings. The van der Waals surface area contributed by atoms with Crippen LogP contribution in [0.5, 0.6) is 11.5 Å². The van der Waals surface area contributed by atoms with Gasteiger partial charge in [0.2, 0.25) is 0 Å². The molecule has 0 aliphatic rings. The Morgan fingerprint density at radius 2 is 1.59 bits per heavy atom. The summed E-state index contributed by atoms with van der Waals surface area (Å²) >= 11 is 5.80. The van der Waals surface area contributed by atoms with Crippen molar-refractivity contribution in [1.29, 1.82) is 0 Å². The van der Waals surface area contributed by atoms with Crippen molar-refractivity contribution in [3.63, 3.8) is 0 Å². The van der Waals surface area contributed by atoms with Gasteiger partial charge < -0.3 is 10.2 Å². The Labute approximate surface area is 101 Å². The molecule has 84 valence electrons. The maximum atomic E-state index is 9.79. The Hall–Kier alpha value is -2.07. The third-order valence-electron chi connectivity index (χ3n) is 2.54. The quantitative estimate of drug-likeness (QED) is 0.599. The van der Waals surface area contributed by atoms with Crippen LogP contribution < -0.4 is 0 Å². The van der Waals surface area contributed by atoms with Gasteiger partial charge in [0.05, 0.1) is 16.1 Å². The van der Waals surface area contributed by atoms with Crippen LogP contribution in [0.4, 0.5) is 0 Å². The molecule has 0 unspecified atom stereocenters. The molecule has 0 bridgehead atoms. The zero-order chi connectivity index (χ0) is 12.0. The Balaban J connectivity index is 2.52. The average Bonchev–Trinajstić information content (AvgIpc) is 2.33. The molecule has 0 saturated carbocycles. The van der Waals surface area contributed by atoms with Gasteiger partial charge in [-0.3, -0.25) is 0 Å². The van der Waals surface area contributed by atoms with E-state index < -0.39 is 0 Å². The van der Waals surface area contributed by atoms with Crippen LogP contribution >= 0.6 is 11.6 Å². The van der Waals surface area contributed by atoms with Crippen molar-refractivity contribution in [3.8, 4) is 11.5 Å². The fourth-order valence-corrected chi connectivity index (χ4v) is 1.86. The average molecular weight is 247 g/mol. The van der Waals surface area contributed by atoms with Crippen LogP contribution in [0, 0.1) is 0 Å². The first kappa shape index (κ1) is 10.1. The maximum Gasteiger partial charge on any atom is 0.162 e. The third-order valence-corrected chi connectivity index (χ3v) is 2.84. The highest BCUT2D eigenvalue weighted by molar-refractivity contribution is 6.33. The van der Waals surface area contributed by atoms with Crippen LogP contribution in [-0.2, 0) is 0 Å². The van der Waals surface area contributed by atoms with Crippen LogP contribution in [0.1, 0.15) is 0 Å². The first-order valence-electron chi connectivity index (χ1n) is 4.94. The summed E-state index contributed by atoms with van der Waals surface area (Å²) in [5.74, 6) is -0.0340. The van der Waals surface area contributed by atoms with Gasteiger partial charge in [-0.15, -0.1) is 0 Å². The van der Waals surface area contributed by atoms with Gasteiger partial charge in [-0.2, -0.15) is 0 Å². The molecule has 0 amide bonds. The third kappa shape index (κ3) is 1.45. The van der Waals surface area contributed by atoms with Gasteiger partial charge in [0.1, 0.15) is 16.8 Å². The minimum atomic E-state index is -0.0955. The molecule has 17 heavy (non-hydrogen) atoms. The molecule has 1 aromatic heterocycles. The van der Waals surface area contributed by atoms with Crippen molar-refractivity contribution in [2.45, 2.75) is 0 Å². The molecule has 3 rings (SSSR count). The first-order chi connectivity index (χ1) is 8.16. The van der Waals surface area contributed by atoms with E-state index in [1.807, 2.05) is 0 Å². The minimum Gasteiger partial charge on any atom is -0.506 e. The molecule has 3 aromatic rings. The van der Waals surface area contributed by atoms with E-state index in [0.717, 1.165) is 0 Å². The van der Waals surface area contributed by atoms with Gasteiger partial charge in [-0.1, -0.05) is 17.7 Å². The number of fused-ring (bicyclic) bond motifs is 2. The zero-order valence-electron chi connectivity index (χ0n) is 8.55. The number of hydrogen-bond acceptors (Lipinski definition) is 4. The van der Waals surface area contributed by atoms with E-state index in [9.17, 15) is 10.2 Å². The molecule has 2 aromatic carbocycles. The van der Waals surface area contributed by atoms with E-state index in [4.69, 9.17) is 11.6 Å². The number of rotatable bonds is 0. The van der Waals surface area contributed by atoms with Gasteiger partial charge in [0.25, 0.3) is 0 Å². The van der Waals surface area contributed by atoms with Crippen molar-refractivity contribution in [2.24, 2.45) is 0 Å². The van der Waals surface area contributed by atoms with E-state index in [2.05, 4.69) is 9.97 Å². The second kappa shape index (κ2) is 3.46. The lowest BCUT2D eigenvalue weighted by Crippen LogP contribution is -1.88. The van der Waals surface area contributed by atoms with Crippen molar-refractivity contribution < 1.29 is 10.2 Å². The number of aromatic nitrogens is 2. The molecule has 2 N–H and O–H groups in total. The van der Waals surface area contributed by atoms with E-state index in [0.29, 0.717) is 22.1 Å². The number of phenols is 2. The Bertz CT molecular complexity index is 743. The molecule has 5 heteroatoms. The van der Waals surface area contributed by atoms with Gasteiger partial charge in [-0.25, -0.2) is 9.97 Å². The Morgan fingerprint density at radius 1 is 0.882 bits per heavy atom. The lowest BCUT2D eigenvalue weighted by atomic mass is 10.2. The number of nitrogens with zero attached hydrogens (tertiary/aromatic N) is 2. The van der Waals surface area contributed by atoms with Gasteiger partial charge in [0, 0.05) is 0 Å². The fourth-order valence-electron chi connectivity index (χ4n) is 1.71. The highest BCUT2D eigenvalue weighted by atomic mass is 35.5. The number of para-hydroxylation sites is 1. The maximum absolute atomic E-state index is 9.79. The van der Waals surface area contributed by atoms with Crippen LogP contribution in [0.2, 0.25) is 5.02 Å². The standard InChI is InChI=1S/C12H7ClN2O2/c13-6-4-5-8-11(12(6)17)15-7-2-1-3-9(16)10(7)14-8/h1-5,16-17H. The summed E-state index contributed by atoms with van der Waals surface area (Å²) in [4.78, 5) is 8.49. The second-order valence-electron chi connectivity index (χ2n) is 3.63. The molecule has 1 heterocycles. The van der Waals surface area contributed by atoms with Crippen LogP contribution in [0.15, 0.2) is 30.3 Å². The highest BCUT2D eigenvalue weighted by Gasteiger charge is 2.10. The number of aromatic hydroxyl groups is 2. The van der Waals surface area contributed by atoms with E-state index in [-0.39, 0.29) is 16.5 Å². The molecule has 0 aliphatic carbocycles. The minimum absolute atomic E-state index is 0.0614. The van der Waals surface area contributed by atoms with Crippen LogP contribution in [0.3, 0.4) is 0 Å². The molecular formula is C12H7ClN2O2. The van der Waals surface area contributed by atoms with Crippen LogP contribution in [-0.4, -0.2) is 20.2 Å². The summed E-state index contributed by atoms with van der Waals surface area (Å²) in [5.41, 5.74) is 1.73. The summed E-state index contributed by atoms with van der Waals surface area (Å²) < 4.78 is 0. The van der Waals surface area contributed by atoms with Gasteiger partial charge >= 0.3 is 0 Å². The monoisotopic (exact) mass is 246 g/mol. The molecule has 0 atom stereocenters. The van der Waals surface area contributed by atoms with Crippen molar-refractivity contribution in [1.82, 2.24) is 9.97 Å². The second-order valence-corrected chi connectivity index (χ2v) is 4.04.